The van der Waals surface area contributed by atoms with Crippen molar-refractivity contribution in [3.05, 3.63) is 30.1 Å². The Kier molecular flexibility index (Phi) is 5.32. The second-order valence-electron chi connectivity index (χ2n) is 6.60. The summed E-state index contributed by atoms with van der Waals surface area (Å²) in [6.45, 7) is 4.33. The highest BCUT2D eigenvalue weighted by Gasteiger charge is 2.32. The molecule has 1 fully saturated rings. The summed E-state index contributed by atoms with van der Waals surface area (Å²) < 4.78 is 0. The van der Waals surface area contributed by atoms with Crippen LogP contribution in [0.15, 0.2) is 24.3 Å². The number of aromatic amines is 1. The highest BCUT2D eigenvalue weighted by molar-refractivity contribution is 8.00. The summed E-state index contributed by atoms with van der Waals surface area (Å²) in [5.74, 6) is -0.0685. The van der Waals surface area contributed by atoms with E-state index in [1.54, 1.807) is 4.90 Å². The first-order chi connectivity index (χ1) is 12.0. The molecule has 0 aliphatic carbocycles. The number of carboxylic acid groups (broad SMARTS) is 1. The number of imidazole rings is 1. The van der Waals surface area contributed by atoms with Gasteiger partial charge in [0.05, 0.1) is 28.0 Å². The fraction of sp³-hybridized carbons (Fsp3) is 0.500. The quantitative estimate of drug-likeness (QED) is 0.855. The van der Waals surface area contributed by atoms with Crippen molar-refractivity contribution >= 4 is 34.7 Å². The van der Waals surface area contributed by atoms with E-state index in [2.05, 4.69) is 9.97 Å². The number of piperidine rings is 1. The number of likely N-dealkylation sites (tertiary alicyclic amines) is 1. The number of hydrogen-bond donors (Lipinski definition) is 2. The number of carbonyl (C=O) groups is 2. The van der Waals surface area contributed by atoms with Gasteiger partial charge in [-0.2, -0.15) is 0 Å². The van der Waals surface area contributed by atoms with Crippen LogP contribution in [0.2, 0.25) is 0 Å². The fourth-order valence-corrected chi connectivity index (χ4v) is 4.01. The van der Waals surface area contributed by atoms with Crippen molar-refractivity contribution in [1.82, 2.24) is 14.9 Å². The number of amides is 1. The number of hydrogen-bond acceptors (Lipinski definition) is 4. The molecule has 25 heavy (non-hydrogen) atoms. The molecule has 1 aromatic heterocycles. The lowest BCUT2D eigenvalue weighted by Gasteiger charge is -2.36. The number of nitrogens with zero attached hydrogens (tertiary/aromatic N) is 2. The number of nitrogens with one attached hydrogen (secondary N) is 1. The van der Waals surface area contributed by atoms with Crippen molar-refractivity contribution in [2.24, 2.45) is 5.92 Å². The predicted octanol–water partition coefficient (Wildman–Crippen LogP) is 3.07. The molecular weight excluding hydrogens is 338 g/mol. The van der Waals surface area contributed by atoms with E-state index >= 15 is 0 Å². The summed E-state index contributed by atoms with van der Waals surface area (Å²) in [5, 5.41) is 9.27. The van der Waals surface area contributed by atoms with E-state index in [1.165, 1.54) is 11.8 Å². The van der Waals surface area contributed by atoms with Crippen molar-refractivity contribution in [2.45, 2.75) is 38.0 Å². The number of aliphatic carboxylic acids is 1. The first-order valence-corrected chi connectivity index (χ1v) is 9.59. The molecule has 0 bridgehead atoms. The molecule has 0 saturated carbocycles. The maximum absolute atomic E-state index is 12.6. The Bertz CT molecular complexity index is 743. The van der Waals surface area contributed by atoms with Crippen LogP contribution in [0.25, 0.3) is 11.0 Å². The molecule has 134 valence electrons. The first-order valence-electron chi connectivity index (χ1n) is 8.54. The standard InChI is InChI=1S/C18H23N3O3S/c1-11-7-8-13(18(23)24)9-21(11)16(22)10-25-12(2)17-19-14-5-3-4-6-15(14)20-17/h3-6,11-13H,7-10H2,1-2H3,(H,19,20)(H,23,24). The van der Waals surface area contributed by atoms with E-state index < -0.39 is 11.9 Å². The minimum atomic E-state index is -0.812. The number of rotatable bonds is 5. The number of fused-ring (bicyclic) bond motifs is 1. The van der Waals surface area contributed by atoms with E-state index in [9.17, 15) is 14.7 Å². The molecule has 0 spiro atoms. The summed E-state index contributed by atoms with van der Waals surface area (Å²) in [5.41, 5.74) is 1.91. The Hall–Kier alpha value is -2.02. The predicted molar refractivity (Wildman–Crippen MR) is 98.5 cm³/mol. The van der Waals surface area contributed by atoms with Gasteiger partial charge in [0, 0.05) is 12.6 Å². The maximum atomic E-state index is 12.6. The molecule has 1 aromatic carbocycles. The molecule has 3 atom stereocenters. The van der Waals surface area contributed by atoms with Crippen molar-refractivity contribution in [2.75, 3.05) is 12.3 Å². The minimum absolute atomic E-state index is 0.00594. The zero-order chi connectivity index (χ0) is 18.0. The molecule has 2 heterocycles. The fourth-order valence-electron chi connectivity index (χ4n) is 3.18. The Balaban J connectivity index is 1.60. The largest absolute Gasteiger partial charge is 0.481 e. The number of H-pyrrole nitrogens is 1. The Morgan fingerprint density at radius 3 is 2.88 bits per heavy atom. The highest BCUT2D eigenvalue weighted by atomic mass is 32.2. The number of carboxylic acids is 1. The third-order valence-electron chi connectivity index (χ3n) is 4.80. The van der Waals surface area contributed by atoms with E-state index in [0.717, 1.165) is 23.3 Å². The molecule has 1 amide bonds. The van der Waals surface area contributed by atoms with Crippen molar-refractivity contribution in [1.29, 1.82) is 0 Å². The van der Waals surface area contributed by atoms with Gasteiger partial charge in [-0.15, -0.1) is 11.8 Å². The highest BCUT2D eigenvalue weighted by Crippen LogP contribution is 2.29. The van der Waals surface area contributed by atoms with Crippen LogP contribution in [0.5, 0.6) is 0 Å². The van der Waals surface area contributed by atoms with Crippen LogP contribution in [-0.2, 0) is 9.59 Å². The third-order valence-corrected chi connectivity index (χ3v) is 5.94. The normalized spacial score (nSPS) is 22.1. The van der Waals surface area contributed by atoms with Gasteiger partial charge in [0.1, 0.15) is 5.82 Å². The second kappa shape index (κ2) is 7.47. The molecule has 1 saturated heterocycles. The number of carbonyl (C=O) groups excluding carboxylic acids is 1. The van der Waals surface area contributed by atoms with Gasteiger partial charge < -0.3 is 15.0 Å². The van der Waals surface area contributed by atoms with E-state index in [1.807, 2.05) is 38.1 Å². The van der Waals surface area contributed by atoms with Crippen LogP contribution in [-0.4, -0.2) is 50.2 Å². The van der Waals surface area contributed by atoms with Gasteiger partial charge in [-0.25, -0.2) is 4.98 Å². The molecule has 3 rings (SSSR count). The minimum Gasteiger partial charge on any atom is -0.481 e. The molecule has 2 N–H and O–H groups in total. The first kappa shape index (κ1) is 17.8. The summed E-state index contributed by atoms with van der Waals surface area (Å²) in [4.78, 5) is 33.4. The van der Waals surface area contributed by atoms with Gasteiger partial charge in [0.2, 0.25) is 5.91 Å². The monoisotopic (exact) mass is 361 g/mol. The third kappa shape index (κ3) is 3.98. The molecule has 6 nitrogen and oxygen atoms in total. The average Bonchev–Trinajstić information content (AvgIpc) is 3.03. The van der Waals surface area contributed by atoms with E-state index in [0.29, 0.717) is 18.7 Å². The lowest BCUT2D eigenvalue weighted by molar-refractivity contribution is -0.146. The van der Waals surface area contributed by atoms with Gasteiger partial charge in [-0.05, 0) is 38.8 Å². The number of thioether (sulfide) groups is 1. The van der Waals surface area contributed by atoms with Gasteiger partial charge in [-0.3, -0.25) is 9.59 Å². The van der Waals surface area contributed by atoms with Crippen molar-refractivity contribution in [3.8, 4) is 0 Å². The van der Waals surface area contributed by atoms with Crippen LogP contribution in [0.4, 0.5) is 0 Å². The Morgan fingerprint density at radius 2 is 2.16 bits per heavy atom. The van der Waals surface area contributed by atoms with Crippen LogP contribution in [0, 0.1) is 5.92 Å². The lowest BCUT2D eigenvalue weighted by Crippen LogP contribution is -2.48. The molecule has 2 aromatic rings. The van der Waals surface area contributed by atoms with Crippen LogP contribution >= 0.6 is 11.8 Å². The number of benzene rings is 1. The van der Waals surface area contributed by atoms with Gasteiger partial charge in [0.15, 0.2) is 0 Å². The zero-order valence-corrected chi connectivity index (χ0v) is 15.3. The molecule has 3 unspecified atom stereocenters. The zero-order valence-electron chi connectivity index (χ0n) is 14.4. The molecule has 1 aliphatic rings. The summed E-state index contributed by atoms with van der Waals surface area (Å²) >= 11 is 1.53. The molecule has 7 heteroatoms. The Labute approximate surface area is 151 Å². The van der Waals surface area contributed by atoms with Crippen LogP contribution < -0.4 is 0 Å². The SMILES string of the molecule is CC(SCC(=O)N1CC(C(=O)O)CCC1C)c1nc2ccccc2[nH]1. The van der Waals surface area contributed by atoms with Gasteiger partial charge in [0.25, 0.3) is 0 Å². The van der Waals surface area contributed by atoms with E-state index in [4.69, 9.17) is 0 Å². The maximum Gasteiger partial charge on any atom is 0.308 e. The van der Waals surface area contributed by atoms with Crippen LogP contribution in [0.3, 0.4) is 0 Å². The summed E-state index contributed by atoms with van der Waals surface area (Å²) in [6.07, 6.45) is 1.38. The van der Waals surface area contributed by atoms with Crippen molar-refractivity contribution in [3.63, 3.8) is 0 Å². The number of aromatic nitrogens is 2. The summed E-state index contributed by atoms with van der Waals surface area (Å²) in [7, 11) is 0. The van der Waals surface area contributed by atoms with Gasteiger partial charge >= 0.3 is 5.97 Å². The van der Waals surface area contributed by atoms with E-state index in [-0.39, 0.29) is 17.2 Å². The molecule has 0 radical (unpaired) electrons. The van der Waals surface area contributed by atoms with Gasteiger partial charge in [-0.1, -0.05) is 12.1 Å². The van der Waals surface area contributed by atoms with Crippen molar-refractivity contribution < 1.29 is 14.7 Å². The molecule has 1 aliphatic heterocycles. The number of para-hydroxylation sites is 2. The average molecular weight is 361 g/mol. The Morgan fingerprint density at radius 1 is 1.40 bits per heavy atom. The molecular formula is C18H23N3O3S. The smallest absolute Gasteiger partial charge is 0.308 e. The summed E-state index contributed by atoms with van der Waals surface area (Å²) in [6, 6.07) is 7.95. The van der Waals surface area contributed by atoms with Crippen LogP contribution in [0.1, 0.15) is 37.8 Å². The second-order valence-corrected chi connectivity index (χ2v) is 7.93. The topological polar surface area (TPSA) is 86.3 Å². The lowest BCUT2D eigenvalue weighted by atomic mass is 9.93.